The fraction of sp³-hybridized carbons (Fsp3) is 0.125. The van der Waals surface area contributed by atoms with E-state index in [0.29, 0.717) is 16.8 Å². The number of nitrogens with one attached hydrogen (secondary N) is 1. The van der Waals surface area contributed by atoms with E-state index >= 15 is 0 Å². The van der Waals surface area contributed by atoms with Crippen LogP contribution in [-0.4, -0.2) is 23.8 Å². The molecule has 0 saturated carbocycles. The minimum atomic E-state index is -0.282. The lowest BCUT2D eigenvalue weighted by Crippen LogP contribution is -2.24. The molecule has 0 radical (unpaired) electrons. The van der Waals surface area contributed by atoms with E-state index in [4.69, 9.17) is 5.73 Å². The summed E-state index contributed by atoms with van der Waals surface area (Å²) in [6.07, 6.45) is 0. The Balaban J connectivity index is 1.97. The molecule has 0 aromatic heterocycles. The van der Waals surface area contributed by atoms with Crippen LogP contribution in [0.2, 0.25) is 0 Å². The van der Waals surface area contributed by atoms with E-state index in [-0.39, 0.29) is 11.8 Å². The van der Waals surface area contributed by atoms with Crippen LogP contribution in [0.1, 0.15) is 26.3 Å². The molecule has 106 valence electrons. The van der Waals surface area contributed by atoms with E-state index in [1.54, 1.807) is 18.2 Å². The summed E-state index contributed by atoms with van der Waals surface area (Å²) in [5, 5.41) is 3.19. The average molecular weight is 281 g/mol. The van der Waals surface area contributed by atoms with Crippen LogP contribution >= 0.6 is 0 Å². The van der Waals surface area contributed by atoms with Gasteiger partial charge in [-0.2, -0.15) is 0 Å². The van der Waals surface area contributed by atoms with Gasteiger partial charge in [0.2, 0.25) is 0 Å². The van der Waals surface area contributed by atoms with Crippen molar-refractivity contribution in [3.8, 4) is 0 Å². The number of fused-ring (bicyclic) bond motifs is 1. The van der Waals surface area contributed by atoms with Crippen LogP contribution in [-0.2, 0) is 0 Å². The van der Waals surface area contributed by atoms with Crippen molar-refractivity contribution in [1.29, 1.82) is 0 Å². The van der Waals surface area contributed by atoms with E-state index in [9.17, 15) is 9.59 Å². The third-order valence-corrected chi connectivity index (χ3v) is 3.58. The number of hydrogen-bond donors (Lipinski definition) is 2. The number of imide groups is 1. The van der Waals surface area contributed by atoms with Crippen LogP contribution in [0.25, 0.3) is 0 Å². The summed E-state index contributed by atoms with van der Waals surface area (Å²) in [6, 6.07) is 10.8. The second-order valence-corrected chi connectivity index (χ2v) is 5.15. The lowest BCUT2D eigenvalue weighted by atomic mass is 10.1. The van der Waals surface area contributed by atoms with E-state index in [0.717, 1.165) is 21.8 Å². The molecule has 3 rings (SSSR count). The molecular weight excluding hydrogens is 266 g/mol. The van der Waals surface area contributed by atoms with Gasteiger partial charge in [0, 0.05) is 12.7 Å². The predicted octanol–water partition coefficient (Wildman–Crippen LogP) is 2.55. The van der Waals surface area contributed by atoms with Gasteiger partial charge in [-0.15, -0.1) is 0 Å². The summed E-state index contributed by atoms with van der Waals surface area (Å²) in [4.78, 5) is 24.9. The van der Waals surface area contributed by atoms with Gasteiger partial charge in [-0.05, 0) is 42.8 Å². The summed E-state index contributed by atoms with van der Waals surface area (Å²) in [6.45, 7) is 1.98. The number of nitrogens with two attached hydrogens (primary N) is 1. The molecule has 0 aliphatic carbocycles. The number of aryl methyl sites for hydroxylation is 1. The summed E-state index contributed by atoms with van der Waals surface area (Å²) in [5.74, 6) is -0.549. The Kier molecular flexibility index (Phi) is 2.90. The molecule has 0 saturated heterocycles. The third kappa shape index (κ3) is 2.12. The van der Waals surface area contributed by atoms with E-state index in [2.05, 4.69) is 5.32 Å². The van der Waals surface area contributed by atoms with Crippen molar-refractivity contribution >= 4 is 28.9 Å². The van der Waals surface area contributed by atoms with Crippen molar-refractivity contribution < 1.29 is 9.59 Å². The third-order valence-electron chi connectivity index (χ3n) is 3.58. The Labute approximate surface area is 122 Å². The monoisotopic (exact) mass is 281 g/mol. The molecule has 2 aromatic carbocycles. The molecular formula is C16H15N3O2. The minimum absolute atomic E-state index is 0.267. The number of carbonyl (C=O) groups excluding carboxylic acids is 2. The largest absolute Gasteiger partial charge is 0.397 e. The number of hydrogen-bond acceptors (Lipinski definition) is 4. The maximum atomic E-state index is 12.0. The van der Waals surface area contributed by atoms with Gasteiger partial charge in [0.25, 0.3) is 11.8 Å². The fourth-order valence-corrected chi connectivity index (χ4v) is 2.37. The Morgan fingerprint density at radius 1 is 1.00 bits per heavy atom. The highest BCUT2D eigenvalue weighted by molar-refractivity contribution is 6.21. The zero-order valence-electron chi connectivity index (χ0n) is 11.8. The molecule has 2 amide bonds. The van der Waals surface area contributed by atoms with E-state index < -0.39 is 0 Å². The number of benzene rings is 2. The first-order valence-electron chi connectivity index (χ1n) is 6.57. The van der Waals surface area contributed by atoms with Crippen LogP contribution in [0.4, 0.5) is 17.1 Å². The van der Waals surface area contributed by atoms with Crippen LogP contribution < -0.4 is 11.1 Å². The highest BCUT2D eigenvalue weighted by Crippen LogP contribution is 2.28. The van der Waals surface area contributed by atoms with Gasteiger partial charge in [0.1, 0.15) is 0 Å². The van der Waals surface area contributed by atoms with Crippen LogP contribution in [0, 0.1) is 6.92 Å². The maximum absolute atomic E-state index is 12.0. The van der Waals surface area contributed by atoms with Crippen molar-refractivity contribution in [2.24, 2.45) is 0 Å². The number of anilines is 3. The number of nitrogen functional groups attached to an aromatic ring is 1. The second-order valence-electron chi connectivity index (χ2n) is 5.15. The van der Waals surface area contributed by atoms with Crippen molar-refractivity contribution in [2.75, 3.05) is 18.1 Å². The molecule has 0 bridgehead atoms. The standard InChI is InChI=1S/C16H15N3O2/c1-9-3-6-13(17)14(7-9)18-10-4-5-11-12(8-10)16(21)19(2)15(11)20/h3-8,18H,17H2,1-2H3. The first-order valence-corrected chi connectivity index (χ1v) is 6.57. The van der Waals surface area contributed by atoms with Crippen molar-refractivity contribution in [1.82, 2.24) is 4.90 Å². The highest BCUT2D eigenvalue weighted by Gasteiger charge is 2.32. The SMILES string of the molecule is Cc1ccc(N)c(Nc2ccc3c(c2)C(=O)N(C)C3=O)c1. The molecule has 1 aliphatic heterocycles. The van der Waals surface area contributed by atoms with Gasteiger partial charge in [0.05, 0.1) is 22.5 Å². The van der Waals surface area contributed by atoms with Gasteiger partial charge < -0.3 is 11.1 Å². The van der Waals surface area contributed by atoms with E-state index in [1.165, 1.54) is 7.05 Å². The van der Waals surface area contributed by atoms with Crippen molar-refractivity contribution in [3.05, 3.63) is 53.1 Å². The normalized spacial score (nSPS) is 13.5. The molecule has 0 fully saturated rings. The lowest BCUT2D eigenvalue weighted by Gasteiger charge is -2.10. The maximum Gasteiger partial charge on any atom is 0.261 e. The predicted molar refractivity (Wildman–Crippen MR) is 81.7 cm³/mol. The summed E-state index contributed by atoms with van der Waals surface area (Å²) >= 11 is 0. The Hall–Kier alpha value is -2.82. The van der Waals surface area contributed by atoms with Crippen molar-refractivity contribution in [3.63, 3.8) is 0 Å². The van der Waals surface area contributed by atoms with Gasteiger partial charge in [-0.3, -0.25) is 14.5 Å². The van der Waals surface area contributed by atoms with Gasteiger partial charge >= 0.3 is 0 Å². The van der Waals surface area contributed by atoms with Gasteiger partial charge in [0.15, 0.2) is 0 Å². The molecule has 5 heteroatoms. The van der Waals surface area contributed by atoms with E-state index in [1.807, 2.05) is 25.1 Å². The van der Waals surface area contributed by atoms with Crippen molar-refractivity contribution in [2.45, 2.75) is 6.92 Å². The molecule has 3 N–H and O–H groups in total. The van der Waals surface area contributed by atoms with Gasteiger partial charge in [-0.1, -0.05) is 6.07 Å². The first kappa shape index (κ1) is 13.2. The Morgan fingerprint density at radius 3 is 2.48 bits per heavy atom. The topological polar surface area (TPSA) is 75.4 Å². The molecule has 21 heavy (non-hydrogen) atoms. The second kappa shape index (κ2) is 4.63. The fourth-order valence-electron chi connectivity index (χ4n) is 2.37. The number of rotatable bonds is 2. The van der Waals surface area contributed by atoms with Crippen LogP contribution in [0.3, 0.4) is 0 Å². The lowest BCUT2D eigenvalue weighted by molar-refractivity contribution is 0.0693. The number of carbonyl (C=O) groups is 2. The summed E-state index contributed by atoms with van der Waals surface area (Å²) in [5.41, 5.74) is 9.99. The quantitative estimate of drug-likeness (QED) is 0.655. The molecule has 0 unspecified atom stereocenters. The molecule has 5 nitrogen and oxygen atoms in total. The summed E-state index contributed by atoms with van der Waals surface area (Å²) < 4.78 is 0. The zero-order valence-corrected chi connectivity index (χ0v) is 11.8. The molecule has 0 atom stereocenters. The molecule has 0 spiro atoms. The average Bonchev–Trinajstić information content (AvgIpc) is 2.68. The first-order chi connectivity index (χ1) is 9.97. The van der Waals surface area contributed by atoms with Crippen LogP contribution in [0.5, 0.6) is 0 Å². The Morgan fingerprint density at radius 2 is 1.71 bits per heavy atom. The molecule has 1 heterocycles. The molecule has 1 aliphatic rings. The minimum Gasteiger partial charge on any atom is -0.397 e. The highest BCUT2D eigenvalue weighted by atomic mass is 16.2. The zero-order chi connectivity index (χ0) is 15.1. The van der Waals surface area contributed by atoms with Crippen LogP contribution in [0.15, 0.2) is 36.4 Å². The smallest absolute Gasteiger partial charge is 0.261 e. The van der Waals surface area contributed by atoms with Gasteiger partial charge in [-0.25, -0.2) is 0 Å². The summed E-state index contributed by atoms with van der Waals surface area (Å²) in [7, 11) is 1.48. The number of nitrogens with zero attached hydrogens (tertiary/aromatic N) is 1. The Bertz CT molecular complexity index is 768. The number of amides is 2. The molecule has 2 aromatic rings.